The number of pyridine rings is 1. The van der Waals surface area contributed by atoms with E-state index in [9.17, 15) is 9.59 Å². The van der Waals surface area contributed by atoms with Crippen LogP contribution < -0.4 is 10.2 Å². The quantitative estimate of drug-likeness (QED) is 0.824. The number of rotatable bonds is 3. The van der Waals surface area contributed by atoms with Gasteiger partial charge in [0.15, 0.2) is 0 Å². The number of carbonyl (C=O) groups excluding carboxylic acids is 2. The molecule has 2 amide bonds. The van der Waals surface area contributed by atoms with Crippen molar-refractivity contribution in [2.75, 3.05) is 31.1 Å². The molecule has 2 aromatic rings. The minimum atomic E-state index is -0.320. The van der Waals surface area contributed by atoms with E-state index in [0.717, 1.165) is 12.1 Å². The monoisotopic (exact) mass is 376 g/mol. The lowest BCUT2D eigenvalue weighted by Gasteiger charge is -2.37. The van der Waals surface area contributed by atoms with Crippen LogP contribution in [0.25, 0.3) is 0 Å². The van der Waals surface area contributed by atoms with Crippen LogP contribution >= 0.6 is 12.4 Å². The van der Waals surface area contributed by atoms with E-state index in [-0.39, 0.29) is 42.6 Å². The number of aromatic amines is 1. The zero-order chi connectivity index (χ0) is 17.2. The van der Waals surface area contributed by atoms with Gasteiger partial charge in [0.05, 0.1) is 23.8 Å². The molecule has 2 aromatic heterocycles. The molecule has 4 rings (SSSR count). The third-order valence-electron chi connectivity index (χ3n) is 4.87. The summed E-state index contributed by atoms with van der Waals surface area (Å²) in [5.74, 6) is -0.317. The number of hydrogen-bond acceptors (Lipinski definition) is 5. The van der Waals surface area contributed by atoms with E-state index >= 15 is 0 Å². The van der Waals surface area contributed by atoms with E-state index in [1.54, 1.807) is 29.7 Å². The first-order valence-electron chi connectivity index (χ1n) is 8.44. The van der Waals surface area contributed by atoms with Gasteiger partial charge < -0.3 is 15.1 Å². The van der Waals surface area contributed by atoms with Crippen LogP contribution in [0.5, 0.6) is 0 Å². The maximum Gasteiger partial charge on any atom is 0.228 e. The zero-order valence-electron chi connectivity index (χ0n) is 14.2. The van der Waals surface area contributed by atoms with Gasteiger partial charge in [-0.15, -0.1) is 12.4 Å². The Morgan fingerprint density at radius 1 is 1.31 bits per heavy atom. The molecule has 2 N–H and O–H groups in total. The fourth-order valence-electron chi connectivity index (χ4n) is 3.59. The van der Waals surface area contributed by atoms with Gasteiger partial charge >= 0.3 is 0 Å². The van der Waals surface area contributed by atoms with E-state index in [1.807, 2.05) is 17.0 Å². The van der Waals surface area contributed by atoms with Gasteiger partial charge in [-0.2, -0.15) is 5.10 Å². The Morgan fingerprint density at radius 3 is 2.92 bits per heavy atom. The smallest absolute Gasteiger partial charge is 0.228 e. The number of piperazine rings is 1. The SMILES string of the molecule is Cl.O=C1CC(C(=O)N2CCNCC2c2cccnc2)CN1c1cn[nH]c1. The summed E-state index contributed by atoms with van der Waals surface area (Å²) in [6.45, 7) is 2.49. The Labute approximate surface area is 157 Å². The molecule has 0 spiro atoms. The second-order valence-corrected chi connectivity index (χ2v) is 6.40. The summed E-state index contributed by atoms with van der Waals surface area (Å²) in [6.07, 6.45) is 7.05. The molecule has 2 saturated heterocycles. The number of aromatic nitrogens is 3. The molecule has 0 radical (unpaired) electrons. The van der Waals surface area contributed by atoms with Crippen molar-refractivity contribution in [2.24, 2.45) is 5.92 Å². The minimum absolute atomic E-state index is 0. The molecule has 2 unspecified atom stereocenters. The van der Waals surface area contributed by atoms with Crippen LogP contribution in [0, 0.1) is 5.92 Å². The lowest BCUT2D eigenvalue weighted by atomic mass is 10.0. The van der Waals surface area contributed by atoms with E-state index in [0.29, 0.717) is 25.3 Å². The topological polar surface area (TPSA) is 94.2 Å². The third-order valence-corrected chi connectivity index (χ3v) is 4.87. The Balaban J connectivity index is 0.00000196. The molecule has 2 aliphatic rings. The van der Waals surface area contributed by atoms with Crippen molar-refractivity contribution in [1.82, 2.24) is 25.4 Å². The molecular weight excluding hydrogens is 356 g/mol. The van der Waals surface area contributed by atoms with E-state index in [4.69, 9.17) is 0 Å². The van der Waals surface area contributed by atoms with Crippen LogP contribution in [0.2, 0.25) is 0 Å². The molecule has 26 heavy (non-hydrogen) atoms. The van der Waals surface area contributed by atoms with Gasteiger partial charge in [-0.1, -0.05) is 6.07 Å². The van der Waals surface area contributed by atoms with Gasteiger partial charge in [-0.3, -0.25) is 19.7 Å². The summed E-state index contributed by atoms with van der Waals surface area (Å²) in [5, 5.41) is 9.93. The van der Waals surface area contributed by atoms with E-state index in [1.165, 1.54) is 0 Å². The molecule has 0 aliphatic carbocycles. The van der Waals surface area contributed by atoms with Gasteiger partial charge in [-0.05, 0) is 11.6 Å². The predicted molar refractivity (Wildman–Crippen MR) is 97.9 cm³/mol. The Morgan fingerprint density at radius 2 is 2.19 bits per heavy atom. The highest BCUT2D eigenvalue weighted by Gasteiger charge is 2.40. The fraction of sp³-hybridized carbons (Fsp3) is 0.412. The first-order chi connectivity index (χ1) is 12.2. The number of carbonyl (C=O) groups is 2. The Kier molecular flexibility index (Phi) is 5.53. The predicted octanol–water partition coefficient (Wildman–Crippen LogP) is 0.752. The van der Waals surface area contributed by atoms with Gasteiger partial charge in [-0.25, -0.2) is 0 Å². The average Bonchev–Trinajstić information content (AvgIpc) is 3.31. The van der Waals surface area contributed by atoms with Crippen LogP contribution in [-0.2, 0) is 9.59 Å². The summed E-state index contributed by atoms with van der Waals surface area (Å²) in [7, 11) is 0. The Hall–Kier alpha value is -2.45. The number of nitrogens with one attached hydrogen (secondary N) is 2. The van der Waals surface area contributed by atoms with Crippen LogP contribution in [-0.4, -0.2) is 58.1 Å². The molecule has 9 heteroatoms. The Bertz CT molecular complexity index is 754. The van der Waals surface area contributed by atoms with Crippen molar-refractivity contribution >= 4 is 29.9 Å². The molecule has 2 fully saturated rings. The lowest BCUT2D eigenvalue weighted by Crippen LogP contribution is -2.50. The standard InChI is InChI=1S/C17H20N6O2.ClH/c24-16-6-13(11-23(16)14-8-20-21-9-14)17(25)22-5-4-19-10-15(22)12-2-1-3-18-7-12;/h1-3,7-9,13,15,19H,4-6,10-11H2,(H,20,21);1H. The van der Waals surface area contributed by atoms with Crippen LogP contribution in [0.1, 0.15) is 18.0 Å². The van der Waals surface area contributed by atoms with Crippen LogP contribution in [0.3, 0.4) is 0 Å². The van der Waals surface area contributed by atoms with Gasteiger partial charge in [0.1, 0.15) is 0 Å². The number of anilines is 1. The summed E-state index contributed by atoms with van der Waals surface area (Å²) < 4.78 is 0. The van der Waals surface area contributed by atoms with Gasteiger partial charge in [0, 0.05) is 51.2 Å². The van der Waals surface area contributed by atoms with Crippen molar-refractivity contribution in [2.45, 2.75) is 12.5 Å². The third kappa shape index (κ3) is 3.42. The first kappa shape index (κ1) is 18.3. The summed E-state index contributed by atoms with van der Waals surface area (Å²) in [4.78, 5) is 33.1. The van der Waals surface area contributed by atoms with Crippen molar-refractivity contribution in [3.05, 3.63) is 42.5 Å². The molecule has 2 atom stereocenters. The highest BCUT2D eigenvalue weighted by molar-refractivity contribution is 6.00. The number of hydrogen-bond donors (Lipinski definition) is 2. The first-order valence-corrected chi connectivity index (χ1v) is 8.44. The summed E-state index contributed by atoms with van der Waals surface area (Å²) in [6, 6.07) is 3.82. The van der Waals surface area contributed by atoms with Crippen molar-refractivity contribution in [3.63, 3.8) is 0 Å². The van der Waals surface area contributed by atoms with Gasteiger partial charge in [0.2, 0.25) is 11.8 Å². The van der Waals surface area contributed by atoms with Crippen molar-refractivity contribution in [3.8, 4) is 0 Å². The maximum atomic E-state index is 13.1. The zero-order valence-corrected chi connectivity index (χ0v) is 15.0. The fourth-order valence-corrected chi connectivity index (χ4v) is 3.59. The normalized spacial score (nSPS) is 23.0. The van der Waals surface area contributed by atoms with Crippen LogP contribution in [0.15, 0.2) is 36.9 Å². The van der Waals surface area contributed by atoms with Gasteiger partial charge in [0.25, 0.3) is 0 Å². The van der Waals surface area contributed by atoms with Crippen molar-refractivity contribution in [1.29, 1.82) is 0 Å². The molecular formula is C17H21ClN6O2. The molecule has 2 aliphatic heterocycles. The number of H-pyrrole nitrogens is 1. The van der Waals surface area contributed by atoms with Crippen LogP contribution in [0.4, 0.5) is 5.69 Å². The maximum absolute atomic E-state index is 13.1. The average molecular weight is 377 g/mol. The van der Waals surface area contributed by atoms with E-state index < -0.39 is 0 Å². The summed E-state index contributed by atoms with van der Waals surface area (Å²) in [5.41, 5.74) is 1.73. The highest BCUT2D eigenvalue weighted by Crippen LogP contribution is 2.29. The molecule has 0 aromatic carbocycles. The number of nitrogens with zero attached hydrogens (tertiary/aromatic N) is 4. The lowest BCUT2D eigenvalue weighted by molar-refractivity contribution is -0.139. The van der Waals surface area contributed by atoms with E-state index in [2.05, 4.69) is 20.5 Å². The number of amides is 2. The second-order valence-electron chi connectivity index (χ2n) is 6.40. The molecule has 0 saturated carbocycles. The minimum Gasteiger partial charge on any atom is -0.333 e. The molecule has 8 nitrogen and oxygen atoms in total. The highest BCUT2D eigenvalue weighted by atomic mass is 35.5. The molecule has 138 valence electrons. The molecule has 4 heterocycles. The molecule has 0 bridgehead atoms. The van der Waals surface area contributed by atoms with Crippen molar-refractivity contribution < 1.29 is 9.59 Å². The number of halogens is 1. The largest absolute Gasteiger partial charge is 0.333 e. The summed E-state index contributed by atoms with van der Waals surface area (Å²) >= 11 is 0. The second kappa shape index (κ2) is 7.84.